The zero-order valence-corrected chi connectivity index (χ0v) is 12.0. The van der Waals surface area contributed by atoms with Gasteiger partial charge in [-0.3, -0.25) is 4.79 Å². The fourth-order valence-corrected chi connectivity index (χ4v) is 3.50. The second-order valence-electron chi connectivity index (χ2n) is 6.98. The molecule has 104 valence electrons. The molecule has 2 aliphatic carbocycles. The average Bonchev–Trinajstić information content (AvgIpc) is 2.83. The standard InChI is InChI=1S/C15H27NO2/c1-15(2,3)18-14(17)6-7-16-10-13-9-11-4-5-12(13)8-11/h11-13,16H,4-10H2,1-3H3. The highest BCUT2D eigenvalue weighted by atomic mass is 16.6. The van der Waals surface area contributed by atoms with Crippen molar-refractivity contribution in [3.05, 3.63) is 0 Å². The lowest BCUT2D eigenvalue weighted by Gasteiger charge is -2.22. The van der Waals surface area contributed by atoms with Gasteiger partial charge in [0.2, 0.25) is 0 Å². The van der Waals surface area contributed by atoms with Gasteiger partial charge in [0.25, 0.3) is 0 Å². The number of fused-ring (bicyclic) bond motifs is 2. The Bertz CT molecular complexity index is 295. The van der Waals surface area contributed by atoms with E-state index in [0.29, 0.717) is 6.42 Å². The van der Waals surface area contributed by atoms with Gasteiger partial charge >= 0.3 is 5.97 Å². The van der Waals surface area contributed by atoms with Gasteiger partial charge in [-0.05, 0) is 64.3 Å². The first-order chi connectivity index (χ1) is 8.44. The molecule has 0 spiro atoms. The summed E-state index contributed by atoms with van der Waals surface area (Å²) >= 11 is 0. The Balaban J connectivity index is 1.55. The predicted octanol–water partition coefficient (Wildman–Crippen LogP) is 2.74. The number of hydrogen-bond donors (Lipinski definition) is 1. The van der Waals surface area contributed by atoms with E-state index in [0.717, 1.165) is 30.8 Å². The maximum atomic E-state index is 11.5. The minimum Gasteiger partial charge on any atom is -0.460 e. The Labute approximate surface area is 111 Å². The summed E-state index contributed by atoms with van der Waals surface area (Å²) in [7, 11) is 0. The molecular formula is C15H27NO2. The van der Waals surface area contributed by atoms with Crippen LogP contribution >= 0.6 is 0 Å². The van der Waals surface area contributed by atoms with Crippen LogP contribution in [0.4, 0.5) is 0 Å². The third kappa shape index (κ3) is 3.98. The first kappa shape index (κ1) is 13.9. The molecule has 0 aromatic rings. The largest absolute Gasteiger partial charge is 0.460 e. The topological polar surface area (TPSA) is 38.3 Å². The molecule has 3 nitrogen and oxygen atoms in total. The molecule has 0 amide bonds. The summed E-state index contributed by atoms with van der Waals surface area (Å²) in [5, 5.41) is 3.43. The van der Waals surface area contributed by atoms with Gasteiger partial charge in [-0.1, -0.05) is 6.42 Å². The number of hydrogen-bond acceptors (Lipinski definition) is 3. The fourth-order valence-electron chi connectivity index (χ4n) is 3.50. The summed E-state index contributed by atoms with van der Waals surface area (Å²) in [5.41, 5.74) is -0.359. The van der Waals surface area contributed by atoms with E-state index in [1.54, 1.807) is 0 Å². The van der Waals surface area contributed by atoms with Crippen LogP contribution in [0.1, 0.15) is 52.9 Å². The van der Waals surface area contributed by atoms with E-state index in [2.05, 4.69) is 5.32 Å². The van der Waals surface area contributed by atoms with Crippen LogP contribution in [-0.2, 0) is 9.53 Å². The second-order valence-corrected chi connectivity index (χ2v) is 6.98. The molecule has 3 atom stereocenters. The minimum atomic E-state index is -0.359. The Kier molecular flexibility index (Phi) is 4.31. The van der Waals surface area contributed by atoms with Gasteiger partial charge in [0, 0.05) is 6.54 Å². The molecule has 18 heavy (non-hydrogen) atoms. The van der Waals surface area contributed by atoms with E-state index in [9.17, 15) is 4.79 Å². The predicted molar refractivity (Wildman–Crippen MR) is 72.3 cm³/mol. The molecule has 2 aliphatic rings. The van der Waals surface area contributed by atoms with Gasteiger partial charge in [-0.2, -0.15) is 0 Å². The summed E-state index contributed by atoms with van der Waals surface area (Å²) in [6.45, 7) is 7.57. The normalized spacial score (nSPS) is 30.7. The van der Waals surface area contributed by atoms with Crippen LogP contribution in [0.25, 0.3) is 0 Å². The summed E-state index contributed by atoms with van der Waals surface area (Å²) in [6, 6.07) is 0. The second kappa shape index (κ2) is 5.60. The molecule has 2 rings (SSSR count). The Morgan fingerprint density at radius 2 is 2.06 bits per heavy atom. The van der Waals surface area contributed by atoms with Crippen molar-refractivity contribution in [3.8, 4) is 0 Å². The zero-order valence-electron chi connectivity index (χ0n) is 12.0. The van der Waals surface area contributed by atoms with Crippen molar-refractivity contribution in [2.45, 2.75) is 58.5 Å². The Morgan fingerprint density at radius 3 is 2.61 bits per heavy atom. The molecule has 1 N–H and O–H groups in total. The van der Waals surface area contributed by atoms with Crippen LogP contribution in [0.15, 0.2) is 0 Å². The van der Waals surface area contributed by atoms with Crippen molar-refractivity contribution < 1.29 is 9.53 Å². The van der Waals surface area contributed by atoms with Crippen molar-refractivity contribution in [3.63, 3.8) is 0 Å². The molecule has 0 aromatic heterocycles. The van der Waals surface area contributed by atoms with Crippen LogP contribution < -0.4 is 5.32 Å². The zero-order chi connectivity index (χ0) is 13.2. The van der Waals surface area contributed by atoms with Crippen LogP contribution in [-0.4, -0.2) is 24.7 Å². The number of carbonyl (C=O) groups is 1. The highest BCUT2D eigenvalue weighted by Gasteiger charge is 2.38. The Morgan fingerprint density at radius 1 is 1.28 bits per heavy atom. The molecular weight excluding hydrogens is 226 g/mol. The number of nitrogens with one attached hydrogen (secondary N) is 1. The molecule has 0 radical (unpaired) electrons. The van der Waals surface area contributed by atoms with Crippen molar-refractivity contribution in [2.75, 3.05) is 13.1 Å². The smallest absolute Gasteiger partial charge is 0.307 e. The number of rotatable bonds is 5. The molecule has 3 heteroatoms. The molecule has 3 unspecified atom stereocenters. The molecule has 0 saturated heterocycles. The fraction of sp³-hybridized carbons (Fsp3) is 0.933. The lowest BCUT2D eigenvalue weighted by molar-refractivity contribution is -0.154. The SMILES string of the molecule is CC(C)(C)OC(=O)CCNCC1CC2CCC1C2. The quantitative estimate of drug-likeness (QED) is 0.605. The first-order valence-corrected chi connectivity index (χ1v) is 7.36. The number of ether oxygens (including phenoxy) is 1. The summed E-state index contributed by atoms with van der Waals surface area (Å²) in [6.07, 6.45) is 6.24. The van der Waals surface area contributed by atoms with Gasteiger partial charge in [-0.15, -0.1) is 0 Å². The summed E-state index contributed by atoms with van der Waals surface area (Å²) in [4.78, 5) is 11.5. The van der Waals surface area contributed by atoms with Crippen molar-refractivity contribution >= 4 is 5.97 Å². The van der Waals surface area contributed by atoms with Crippen LogP contribution in [0.5, 0.6) is 0 Å². The van der Waals surface area contributed by atoms with E-state index >= 15 is 0 Å². The third-order valence-corrected chi connectivity index (χ3v) is 4.22. The third-order valence-electron chi connectivity index (χ3n) is 4.22. The Hall–Kier alpha value is -0.570. The maximum Gasteiger partial charge on any atom is 0.307 e. The molecule has 0 aliphatic heterocycles. The monoisotopic (exact) mass is 253 g/mol. The highest BCUT2D eigenvalue weighted by molar-refractivity contribution is 5.70. The lowest BCUT2D eigenvalue weighted by atomic mass is 9.89. The lowest BCUT2D eigenvalue weighted by Crippen LogP contribution is -2.30. The summed E-state index contributed by atoms with van der Waals surface area (Å²) < 4.78 is 5.28. The number of esters is 1. The summed E-state index contributed by atoms with van der Waals surface area (Å²) in [5.74, 6) is 2.74. The molecule has 2 saturated carbocycles. The molecule has 0 aromatic carbocycles. The van der Waals surface area contributed by atoms with Crippen molar-refractivity contribution in [2.24, 2.45) is 17.8 Å². The van der Waals surface area contributed by atoms with E-state index < -0.39 is 0 Å². The van der Waals surface area contributed by atoms with E-state index in [-0.39, 0.29) is 11.6 Å². The maximum absolute atomic E-state index is 11.5. The van der Waals surface area contributed by atoms with Gasteiger partial charge in [0.15, 0.2) is 0 Å². The van der Waals surface area contributed by atoms with Gasteiger partial charge in [0.1, 0.15) is 5.60 Å². The van der Waals surface area contributed by atoms with E-state index in [1.807, 2.05) is 20.8 Å². The van der Waals surface area contributed by atoms with Crippen molar-refractivity contribution in [1.82, 2.24) is 5.32 Å². The van der Waals surface area contributed by atoms with Crippen molar-refractivity contribution in [1.29, 1.82) is 0 Å². The van der Waals surface area contributed by atoms with Gasteiger partial charge in [-0.25, -0.2) is 0 Å². The molecule has 2 fully saturated rings. The molecule has 2 bridgehead atoms. The van der Waals surface area contributed by atoms with Gasteiger partial charge in [0.05, 0.1) is 6.42 Å². The van der Waals surface area contributed by atoms with E-state index in [1.165, 1.54) is 25.7 Å². The van der Waals surface area contributed by atoms with Crippen LogP contribution in [0, 0.1) is 17.8 Å². The van der Waals surface area contributed by atoms with Crippen LogP contribution in [0.2, 0.25) is 0 Å². The van der Waals surface area contributed by atoms with Crippen LogP contribution in [0.3, 0.4) is 0 Å². The molecule has 0 heterocycles. The first-order valence-electron chi connectivity index (χ1n) is 7.36. The average molecular weight is 253 g/mol. The van der Waals surface area contributed by atoms with E-state index in [4.69, 9.17) is 4.74 Å². The number of carbonyl (C=O) groups excluding carboxylic acids is 1. The highest BCUT2D eigenvalue weighted by Crippen LogP contribution is 2.47. The van der Waals surface area contributed by atoms with Gasteiger partial charge < -0.3 is 10.1 Å². The minimum absolute atomic E-state index is 0.0945.